The fourth-order valence-electron chi connectivity index (χ4n) is 5.23. The minimum absolute atomic E-state index is 0.0614. The van der Waals surface area contributed by atoms with Gasteiger partial charge in [-0.05, 0) is 24.8 Å². The molecule has 6 heteroatoms. The van der Waals surface area contributed by atoms with E-state index in [0.717, 1.165) is 65.3 Å². The second kappa shape index (κ2) is 6.84. The Morgan fingerprint density at radius 2 is 1.83 bits per heavy atom. The number of hydrogen-bond donors (Lipinski definition) is 0. The standard InChI is InChI=1S/C24H25N3O3/c1-15-5-4-8-27(14-15)19-13-18(26-9-11-29-12-10-26)20-21-22(19)25-30-24(21)17-7-3-2-6-16(17)23(20)28/h2-3,6-7,13,15H,4-5,8-12,14H2,1H3. The Labute approximate surface area is 175 Å². The van der Waals surface area contributed by atoms with E-state index in [-0.39, 0.29) is 5.78 Å². The highest BCUT2D eigenvalue weighted by Gasteiger charge is 2.35. The molecule has 0 N–H and O–H groups in total. The van der Waals surface area contributed by atoms with Crippen molar-refractivity contribution in [2.45, 2.75) is 19.8 Å². The molecule has 3 aliphatic rings. The molecule has 0 radical (unpaired) electrons. The third-order valence-electron chi connectivity index (χ3n) is 6.71. The number of morpholine rings is 1. The molecule has 6 nitrogen and oxygen atoms in total. The molecule has 30 heavy (non-hydrogen) atoms. The molecule has 0 saturated carbocycles. The van der Waals surface area contributed by atoms with Crippen LogP contribution in [0.3, 0.4) is 0 Å². The maximum atomic E-state index is 13.7. The number of piperidine rings is 1. The zero-order valence-corrected chi connectivity index (χ0v) is 17.2. The number of nitrogens with zero attached hydrogens (tertiary/aromatic N) is 3. The van der Waals surface area contributed by atoms with Crippen LogP contribution in [0.25, 0.3) is 22.2 Å². The SMILES string of the molecule is CC1CCCN(c2cc(N3CCOCC3)c3c4c(onc24)-c2ccccc2C3=O)C1. The fraction of sp³-hybridized carbons (Fsp3) is 0.417. The second-order valence-corrected chi connectivity index (χ2v) is 8.69. The van der Waals surface area contributed by atoms with E-state index in [2.05, 4.69) is 27.9 Å². The Balaban J connectivity index is 1.63. The van der Waals surface area contributed by atoms with Crippen molar-refractivity contribution < 1.29 is 14.1 Å². The van der Waals surface area contributed by atoms with Crippen LogP contribution in [-0.2, 0) is 4.74 Å². The molecule has 1 atom stereocenters. The van der Waals surface area contributed by atoms with E-state index in [1.165, 1.54) is 12.8 Å². The molecule has 0 amide bonds. The van der Waals surface area contributed by atoms with Gasteiger partial charge in [0.15, 0.2) is 11.5 Å². The van der Waals surface area contributed by atoms with Crippen molar-refractivity contribution in [3.8, 4) is 11.3 Å². The zero-order valence-electron chi connectivity index (χ0n) is 17.2. The molecule has 1 aliphatic carbocycles. The summed E-state index contributed by atoms with van der Waals surface area (Å²) in [5.41, 5.74) is 5.16. The highest BCUT2D eigenvalue weighted by molar-refractivity contribution is 6.28. The van der Waals surface area contributed by atoms with Gasteiger partial charge >= 0.3 is 0 Å². The number of aromatic nitrogens is 1. The first kappa shape index (κ1) is 18.0. The first-order valence-electron chi connectivity index (χ1n) is 10.9. The number of fused-ring (bicyclic) bond motifs is 2. The minimum Gasteiger partial charge on any atom is -0.378 e. The lowest BCUT2D eigenvalue weighted by Gasteiger charge is -2.36. The molecular formula is C24H25N3O3. The van der Waals surface area contributed by atoms with Crippen LogP contribution in [0, 0.1) is 5.92 Å². The van der Waals surface area contributed by atoms with E-state index in [9.17, 15) is 4.79 Å². The van der Waals surface area contributed by atoms with E-state index in [4.69, 9.17) is 9.26 Å². The van der Waals surface area contributed by atoms with Crippen molar-refractivity contribution in [2.75, 3.05) is 49.2 Å². The van der Waals surface area contributed by atoms with Gasteiger partial charge in [0, 0.05) is 37.3 Å². The van der Waals surface area contributed by atoms with Crippen LogP contribution in [0.5, 0.6) is 0 Å². The van der Waals surface area contributed by atoms with Gasteiger partial charge in [-0.2, -0.15) is 0 Å². The molecule has 2 fully saturated rings. The van der Waals surface area contributed by atoms with E-state index in [0.29, 0.717) is 24.7 Å². The first-order valence-corrected chi connectivity index (χ1v) is 10.9. The number of ether oxygens (including phenoxy) is 1. The maximum Gasteiger partial charge on any atom is 0.196 e. The van der Waals surface area contributed by atoms with Crippen LogP contribution in [-0.4, -0.2) is 50.3 Å². The molecule has 6 rings (SSSR count). The lowest BCUT2D eigenvalue weighted by molar-refractivity contribution is 0.103. The Morgan fingerprint density at radius 1 is 1.03 bits per heavy atom. The quantitative estimate of drug-likeness (QED) is 0.502. The third kappa shape index (κ3) is 2.59. The molecule has 3 aromatic rings. The van der Waals surface area contributed by atoms with E-state index in [1.54, 1.807) is 0 Å². The van der Waals surface area contributed by atoms with Gasteiger partial charge in [0.25, 0.3) is 0 Å². The first-order chi connectivity index (χ1) is 14.7. The van der Waals surface area contributed by atoms with Crippen LogP contribution in [0.1, 0.15) is 35.7 Å². The normalized spacial score (nSPS) is 21.2. The highest BCUT2D eigenvalue weighted by atomic mass is 16.5. The van der Waals surface area contributed by atoms with Gasteiger partial charge in [-0.3, -0.25) is 4.79 Å². The summed E-state index contributed by atoms with van der Waals surface area (Å²) < 4.78 is 11.5. The molecule has 154 valence electrons. The number of carbonyl (C=O) groups is 1. The molecule has 1 unspecified atom stereocenters. The van der Waals surface area contributed by atoms with Crippen LogP contribution in [0.4, 0.5) is 11.4 Å². The summed E-state index contributed by atoms with van der Waals surface area (Å²) in [4.78, 5) is 18.4. The molecule has 0 spiro atoms. The number of benzene rings is 2. The van der Waals surface area contributed by atoms with Crippen molar-refractivity contribution in [1.29, 1.82) is 0 Å². The average Bonchev–Trinajstić information content (AvgIpc) is 3.23. The summed E-state index contributed by atoms with van der Waals surface area (Å²) >= 11 is 0. The fourth-order valence-corrected chi connectivity index (χ4v) is 5.23. The minimum atomic E-state index is 0.0614. The molecule has 2 saturated heterocycles. The zero-order chi connectivity index (χ0) is 20.2. The number of carbonyl (C=O) groups excluding carboxylic acids is 1. The summed E-state index contributed by atoms with van der Waals surface area (Å²) in [6.45, 7) is 7.23. The maximum absolute atomic E-state index is 13.7. The van der Waals surface area contributed by atoms with Gasteiger partial charge in [-0.25, -0.2) is 0 Å². The predicted molar refractivity (Wildman–Crippen MR) is 117 cm³/mol. The van der Waals surface area contributed by atoms with Crippen LogP contribution in [0.2, 0.25) is 0 Å². The molecule has 2 aromatic carbocycles. The van der Waals surface area contributed by atoms with E-state index < -0.39 is 0 Å². The average molecular weight is 403 g/mol. The van der Waals surface area contributed by atoms with Crippen molar-refractivity contribution in [3.05, 3.63) is 41.5 Å². The summed E-state index contributed by atoms with van der Waals surface area (Å²) in [5.74, 6) is 1.42. The molecule has 2 aliphatic heterocycles. The van der Waals surface area contributed by atoms with Crippen LogP contribution >= 0.6 is 0 Å². The van der Waals surface area contributed by atoms with Crippen LogP contribution < -0.4 is 9.80 Å². The Morgan fingerprint density at radius 3 is 2.63 bits per heavy atom. The van der Waals surface area contributed by atoms with Gasteiger partial charge in [-0.15, -0.1) is 0 Å². The second-order valence-electron chi connectivity index (χ2n) is 8.69. The molecular weight excluding hydrogens is 378 g/mol. The van der Waals surface area contributed by atoms with Gasteiger partial charge in [0.05, 0.1) is 35.5 Å². The van der Waals surface area contributed by atoms with Gasteiger partial charge in [0.1, 0.15) is 5.52 Å². The molecule has 1 aromatic heterocycles. The van der Waals surface area contributed by atoms with E-state index >= 15 is 0 Å². The molecule has 3 heterocycles. The number of anilines is 2. The van der Waals surface area contributed by atoms with Gasteiger partial charge in [0.2, 0.25) is 0 Å². The van der Waals surface area contributed by atoms with Crippen LogP contribution in [0.15, 0.2) is 34.9 Å². The largest absolute Gasteiger partial charge is 0.378 e. The molecule has 0 bridgehead atoms. The van der Waals surface area contributed by atoms with Gasteiger partial charge in [-0.1, -0.05) is 36.3 Å². The predicted octanol–water partition coefficient (Wildman–Crippen LogP) is 4.11. The third-order valence-corrected chi connectivity index (χ3v) is 6.71. The van der Waals surface area contributed by atoms with E-state index in [1.807, 2.05) is 24.3 Å². The highest BCUT2D eigenvalue weighted by Crippen LogP contribution is 2.47. The van der Waals surface area contributed by atoms with Crippen molar-refractivity contribution in [2.24, 2.45) is 5.92 Å². The lowest BCUT2D eigenvalue weighted by atomic mass is 9.85. The topological polar surface area (TPSA) is 58.8 Å². The van der Waals surface area contributed by atoms with Crippen molar-refractivity contribution in [1.82, 2.24) is 5.16 Å². The van der Waals surface area contributed by atoms with Crippen molar-refractivity contribution in [3.63, 3.8) is 0 Å². The number of ketones is 1. The van der Waals surface area contributed by atoms with Crippen molar-refractivity contribution >= 4 is 28.1 Å². The Hall–Kier alpha value is -2.86. The summed E-state index contributed by atoms with van der Waals surface area (Å²) in [6.07, 6.45) is 2.42. The lowest BCUT2D eigenvalue weighted by Crippen LogP contribution is -2.38. The number of rotatable bonds is 2. The summed E-state index contributed by atoms with van der Waals surface area (Å²) in [5, 5.41) is 5.37. The number of hydrogen-bond acceptors (Lipinski definition) is 6. The Kier molecular flexibility index (Phi) is 4.09. The summed E-state index contributed by atoms with van der Waals surface area (Å²) in [7, 11) is 0. The monoisotopic (exact) mass is 403 g/mol. The Bertz CT molecular complexity index is 1150. The van der Waals surface area contributed by atoms with Gasteiger partial charge < -0.3 is 19.1 Å². The smallest absolute Gasteiger partial charge is 0.196 e. The summed E-state index contributed by atoms with van der Waals surface area (Å²) in [6, 6.07) is 9.88.